The number of aryl methyl sites for hydroxylation is 1. The third-order valence-electron chi connectivity index (χ3n) is 4.34. The van der Waals surface area contributed by atoms with E-state index in [-0.39, 0.29) is 0 Å². The number of benzene rings is 1. The Bertz CT molecular complexity index is 707. The van der Waals surface area contributed by atoms with Crippen LogP contribution in [0.5, 0.6) is 11.5 Å². The number of nitrogens with two attached hydrogens (primary N) is 1. The first-order chi connectivity index (χ1) is 10.6. The van der Waals surface area contributed by atoms with Gasteiger partial charge in [-0.2, -0.15) is 0 Å². The Morgan fingerprint density at radius 1 is 1.32 bits per heavy atom. The van der Waals surface area contributed by atoms with Gasteiger partial charge in [0.15, 0.2) is 11.5 Å². The van der Waals surface area contributed by atoms with Gasteiger partial charge >= 0.3 is 0 Å². The van der Waals surface area contributed by atoms with E-state index >= 15 is 0 Å². The number of thiocarbonyl (C=S) groups is 1. The topological polar surface area (TPSA) is 62.3 Å². The summed E-state index contributed by atoms with van der Waals surface area (Å²) in [4.78, 5) is 5.37. The number of imidazole rings is 1. The highest BCUT2D eigenvalue weighted by Gasteiger charge is 2.26. The Morgan fingerprint density at radius 3 is 2.55 bits per heavy atom. The first-order valence-electron chi connectivity index (χ1n) is 7.54. The van der Waals surface area contributed by atoms with Crippen LogP contribution in [-0.2, 0) is 6.54 Å². The highest BCUT2D eigenvalue weighted by Crippen LogP contribution is 2.39. The summed E-state index contributed by atoms with van der Waals surface area (Å²) in [7, 11) is 3.28. The van der Waals surface area contributed by atoms with Crippen LogP contribution in [-0.4, -0.2) is 28.8 Å². The monoisotopic (exact) mass is 319 g/mol. The molecule has 1 saturated carbocycles. The molecule has 0 aliphatic heterocycles. The lowest BCUT2D eigenvalue weighted by atomic mass is 9.85. The van der Waals surface area contributed by atoms with Crippen LogP contribution >= 0.6 is 12.2 Å². The zero-order chi connectivity index (χ0) is 15.7. The first-order valence-corrected chi connectivity index (χ1v) is 7.95. The molecule has 0 atom stereocenters. The van der Waals surface area contributed by atoms with Crippen molar-refractivity contribution in [2.24, 2.45) is 5.73 Å². The van der Waals surface area contributed by atoms with Crippen LogP contribution in [0.1, 0.15) is 37.4 Å². The van der Waals surface area contributed by atoms with Crippen molar-refractivity contribution in [2.45, 2.75) is 38.1 Å². The standard InChI is InChI=1S/C16H21N3O2S/c1-20-13-8-11-12(9-14(13)21-2)19(7-6-15(17)22)16(18-11)10-4-3-5-10/h8-10H,3-7H2,1-2H3,(H2,17,22). The Hall–Kier alpha value is -1.82. The zero-order valence-corrected chi connectivity index (χ0v) is 13.8. The average molecular weight is 319 g/mol. The molecule has 1 heterocycles. The van der Waals surface area contributed by atoms with Crippen LogP contribution < -0.4 is 15.2 Å². The third kappa shape index (κ3) is 2.63. The summed E-state index contributed by atoms with van der Waals surface area (Å²) in [5, 5.41) is 0. The molecule has 6 heteroatoms. The van der Waals surface area contributed by atoms with Crippen LogP contribution in [0, 0.1) is 0 Å². The van der Waals surface area contributed by atoms with Crippen molar-refractivity contribution in [1.82, 2.24) is 9.55 Å². The molecule has 2 N–H and O–H groups in total. The normalized spacial score (nSPS) is 14.8. The second-order valence-electron chi connectivity index (χ2n) is 5.66. The molecule has 0 radical (unpaired) electrons. The van der Waals surface area contributed by atoms with Gasteiger partial charge in [-0.3, -0.25) is 0 Å². The Kier molecular flexibility index (Phi) is 4.20. The smallest absolute Gasteiger partial charge is 0.163 e. The van der Waals surface area contributed by atoms with Gasteiger partial charge in [0.25, 0.3) is 0 Å². The van der Waals surface area contributed by atoms with Gasteiger partial charge in [0.05, 0.1) is 30.2 Å². The van der Waals surface area contributed by atoms with Crippen molar-refractivity contribution >= 4 is 28.2 Å². The largest absolute Gasteiger partial charge is 0.493 e. The van der Waals surface area contributed by atoms with Crippen molar-refractivity contribution in [2.75, 3.05) is 14.2 Å². The third-order valence-corrected chi connectivity index (χ3v) is 4.54. The van der Waals surface area contributed by atoms with Crippen molar-refractivity contribution in [3.63, 3.8) is 0 Å². The number of ether oxygens (including phenoxy) is 2. The Morgan fingerprint density at radius 2 is 2.00 bits per heavy atom. The molecule has 22 heavy (non-hydrogen) atoms. The molecule has 0 unspecified atom stereocenters. The lowest BCUT2D eigenvalue weighted by Gasteiger charge is -2.25. The van der Waals surface area contributed by atoms with Crippen molar-refractivity contribution in [3.05, 3.63) is 18.0 Å². The molecular formula is C16H21N3O2S. The fourth-order valence-electron chi connectivity index (χ4n) is 2.91. The van der Waals surface area contributed by atoms with Crippen molar-refractivity contribution in [1.29, 1.82) is 0 Å². The van der Waals surface area contributed by atoms with Crippen LogP contribution in [0.2, 0.25) is 0 Å². The number of methoxy groups -OCH3 is 2. The number of rotatable bonds is 6. The van der Waals surface area contributed by atoms with Gasteiger partial charge < -0.3 is 19.8 Å². The van der Waals surface area contributed by atoms with Crippen molar-refractivity contribution in [3.8, 4) is 11.5 Å². The molecule has 1 aliphatic carbocycles. The second-order valence-corrected chi connectivity index (χ2v) is 6.19. The minimum Gasteiger partial charge on any atom is -0.493 e. The molecule has 2 aromatic rings. The molecule has 1 aromatic carbocycles. The number of hydrogen-bond donors (Lipinski definition) is 1. The number of nitrogens with zero attached hydrogens (tertiary/aromatic N) is 2. The van der Waals surface area contributed by atoms with Crippen molar-refractivity contribution < 1.29 is 9.47 Å². The molecule has 118 valence electrons. The summed E-state index contributed by atoms with van der Waals surface area (Å²) in [6, 6.07) is 3.93. The lowest BCUT2D eigenvalue weighted by Crippen LogP contribution is -2.18. The molecule has 3 rings (SSSR count). The van der Waals surface area contributed by atoms with E-state index < -0.39 is 0 Å². The molecule has 5 nitrogen and oxygen atoms in total. The summed E-state index contributed by atoms with van der Waals surface area (Å²) in [5.74, 6) is 3.09. The maximum Gasteiger partial charge on any atom is 0.163 e. The van der Waals surface area contributed by atoms with E-state index in [2.05, 4.69) is 4.57 Å². The maximum absolute atomic E-state index is 5.68. The Labute approximate surface area is 135 Å². The van der Waals surface area contributed by atoms with Crippen LogP contribution in [0.25, 0.3) is 11.0 Å². The van der Waals surface area contributed by atoms with Gasteiger partial charge in [0, 0.05) is 31.0 Å². The van der Waals surface area contributed by atoms with Crippen LogP contribution in [0.15, 0.2) is 12.1 Å². The molecule has 0 bridgehead atoms. The van der Waals surface area contributed by atoms with Gasteiger partial charge in [-0.05, 0) is 12.8 Å². The Balaban J connectivity index is 2.11. The molecular weight excluding hydrogens is 298 g/mol. The van der Waals surface area contributed by atoms with E-state index in [4.69, 9.17) is 32.4 Å². The molecule has 0 amide bonds. The van der Waals surface area contributed by atoms with E-state index in [1.807, 2.05) is 12.1 Å². The molecule has 1 aromatic heterocycles. The highest BCUT2D eigenvalue weighted by molar-refractivity contribution is 7.80. The van der Waals surface area contributed by atoms with E-state index in [0.29, 0.717) is 28.8 Å². The van der Waals surface area contributed by atoms with Gasteiger partial charge in [-0.1, -0.05) is 18.6 Å². The van der Waals surface area contributed by atoms with Gasteiger partial charge in [-0.25, -0.2) is 4.98 Å². The van der Waals surface area contributed by atoms with E-state index in [9.17, 15) is 0 Å². The van der Waals surface area contributed by atoms with Gasteiger partial charge in [0.1, 0.15) is 5.82 Å². The summed E-state index contributed by atoms with van der Waals surface area (Å²) >= 11 is 5.03. The maximum atomic E-state index is 5.68. The van der Waals surface area contributed by atoms with Crippen LogP contribution in [0.4, 0.5) is 0 Å². The quantitative estimate of drug-likeness (QED) is 0.829. The first kappa shape index (κ1) is 15.1. The number of hydrogen-bond acceptors (Lipinski definition) is 4. The molecule has 0 saturated heterocycles. The average Bonchev–Trinajstić information content (AvgIpc) is 2.78. The second kappa shape index (κ2) is 6.12. The fourth-order valence-corrected chi connectivity index (χ4v) is 3.00. The summed E-state index contributed by atoms with van der Waals surface area (Å²) in [6.07, 6.45) is 4.35. The van der Waals surface area contributed by atoms with E-state index in [1.54, 1.807) is 14.2 Å². The summed E-state index contributed by atoms with van der Waals surface area (Å²) in [5.41, 5.74) is 7.67. The predicted molar refractivity (Wildman–Crippen MR) is 90.8 cm³/mol. The van der Waals surface area contributed by atoms with E-state index in [0.717, 1.165) is 23.4 Å². The fraction of sp³-hybridized carbons (Fsp3) is 0.500. The zero-order valence-electron chi connectivity index (χ0n) is 13.0. The molecule has 0 spiro atoms. The van der Waals surface area contributed by atoms with Gasteiger partial charge in [-0.15, -0.1) is 0 Å². The summed E-state index contributed by atoms with van der Waals surface area (Å²) < 4.78 is 13.0. The molecule has 1 aliphatic rings. The predicted octanol–water partition coefficient (Wildman–Crippen LogP) is 3.00. The summed E-state index contributed by atoms with van der Waals surface area (Å²) in [6.45, 7) is 0.757. The lowest BCUT2D eigenvalue weighted by molar-refractivity contribution is 0.355. The minimum absolute atomic E-state index is 0.530. The highest BCUT2D eigenvalue weighted by atomic mass is 32.1. The van der Waals surface area contributed by atoms with Crippen LogP contribution in [0.3, 0.4) is 0 Å². The minimum atomic E-state index is 0.530. The number of fused-ring (bicyclic) bond motifs is 1. The van der Waals surface area contributed by atoms with E-state index in [1.165, 1.54) is 19.3 Å². The SMILES string of the molecule is COc1cc2nc(C3CCC3)n(CCC(N)=S)c2cc1OC. The number of aromatic nitrogens is 2. The van der Waals surface area contributed by atoms with Gasteiger partial charge in [0.2, 0.25) is 0 Å². The molecule has 1 fully saturated rings.